The number of ether oxygens (including phenoxy) is 1. The molecular weight excluding hydrogens is 379 g/mol. The van der Waals surface area contributed by atoms with Crippen LogP contribution in [0.25, 0.3) is 15.5 Å². The van der Waals surface area contributed by atoms with Crippen LogP contribution in [0.2, 0.25) is 0 Å². The van der Waals surface area contributed by atoms with Crippen LogP contribution >= 0.6 is 33.9 Å². The molecule has 0 saturated carbocycles. The lowest BCUT2D eigenvalue weighted by molar-refractivity contribution is 0.0584. The summed E-state index contributed by atoms with van der Waals surface area (Å²) < 4.78 is 7.19. The molecule has 0 N–H and O–H groups in total. The standard InChI is InChI=1S/C11H7IN4O2S/c1-18-10(17)8-13-14-11-16(8)15-9(19-11)6-2-4-7(12)5-3-6/h2-5H,1H3. The van der Waals surface area contributed by atoms with Crippen LogP contribution in [0.1, 0.15) is 10.6 Å². The van der Waals surface area contributed by atoms with Crippen molar-refractivity contribution < 1.29 is 9.53 Å². The predicted octanol–water partition coefficient (Wildman–Crippen LogP) is 2.24. The zero-order valence-corrected chi connectivity index (χ0v) is 12.7. The summed E-state index contributed by atoms with van der Waals surface area (Å²) in [5, 5.41) is 12.8. The number of nitrogens with zero attached hydrogens (tertiary/aromatic N) is 4. The van der Waals surface area contributed by atoms with Gasteiger partial charge in [-0.15, -0.1) is 10.2 Å². The van der Waals surface area contributed by atoms with Gasteiger partial charge in [-0.1, -0.05) is 23.5 Å². The quantitative estimate of drug-likeness (QED) is 0.499. The molecule has 96 valence electrons. The van der Waals surface area contributed by atoms with Crippen LogP contribution in [-0.4, -0.2) is 32.9 Å². The molecule has 19 heavy (non-hydrogen) atoms. The van der Waals surface area contributed by atoms with Gasteiger partial charge in [0.1, 0.15) is 5.01 Å². The molecule has 1 aromatic carbocycles. The molecule has 0 aliphatic heterocycles. The fraction of sp³-hybridized carbons (Fsp3) is 0.0909. The fourth-order valence-corrected chi connectivity index (χ4v) is 2.75. The molecule has 0 saturated heterocycles. The third kappa shape index (κ3) is 2.21. The third-order valence-electron chi connectivity index (χ3n) is 2.45. The second-order valence-electron chi connectivity index (χ2n) is 3.62. The Labute approximate surface area is 125 Å². The molecule has 0 fully saturated rings. The molecule has 0 aliphatic carbocycles. The van der Waals surface area contributed by atoms with Crippen LogP contribution in [0.5, 0.6) is 0 Å². The maximum absolute atomic E-state index is 11.5. The highest BCUT2D eigenvalue weighted by Gasteiger charge is 2.18. The second-order valence-corrected chi connectivity index (χ2v) is 5.83. The van der Waals surface area contributed by atoms with Crippen molar-refractivity contribution in [2.24, 2.45) is 0 Å². The topological polar surface area (TPSA) is 69.4 Å². The van der Waals surface area contributed by atoms with Crippen molar-refractivity contribution in [3.8, 4) is 10.6 Å². The smallest absolute Gasteiger partial charge is 0.378 e. The molecule has 0 amide bonds. The van der Waals surface area contributed by atoms with Crippen molar-refractivity contribution in [3.63, 3.8) is 0 Å². The number of esters is 1. The molecule has 0 unspecified atom stereocenters. The average Bonchev–Trinajstić information content (AvgIpc) is 2.98. The Morgan fingerprint density at radius 2 is 2.05 bits per heavy atom. The van der Waals surface area contributed by atoms with Crippen molar-refractivity contribution in [3.05, 3.63) is 33.7 Å². The number of fused-ring (bicyclic) bond motifs is 1. The molecule has 2 aromatic heterocycles. The third-order valence-corrected chi connectivity index (χ3v) is 4.12. The van der Waals surface area contributed by atoms with Crippen molar-refractivity contribution >= 4 is 44.9 Å². The minimum absolute atomic E-state index is 0.0884. The van der Waals surface area contributed by atoms with Gasteiger partial charge in [0.2, 0.25) is 4.96 Å². The molecule has 0 aliphatic rings. The van der Waals surface area contributed by atoms with Crippen LogP contribution < -0.4 is 0 Å². The van der Waals surface area contributed by atoms with Crippen molar-refractivity contribution in [2.75, 3.05) is 7.11 Å². The largest absolute Gasteiger partial charge is 0.463 e. The molecule has 0 spiro atoms. The van der Waals surface area contributed by atoms with Gasteiger partial charge in [0.15, 0.2) is 0 Å². The molecule has 8 heteroatoms. The van der Waals surface area contributed by atoms with Gasteiger partial charge >= 0.3 is 5.97 Å². The minimum Gasteiger partial charge on any atom is -0.463 e. The number of carbonyl (C=O) groups is 1. The van der Waals surface area contributed by atoms with Gasteiger partial charge in [-0.25, -0.2) is 4.79 Å². The van der Waals surface area contributed by atoms with Gasteiger partial charge in [-0.3, -0.25) is 0 Å². The second kappa shape index (κ2) is 4.85. The molecule has 3 aromatic rings. The number of carbonyl (C=O) groups excluding carboxylic acids is 1. The Morgan fingerprint density at radius 1 is 1.32 bits per heavy atom. The Kier molecular flexibility index (Phi) is 3.19. The van der Waals surface area contributed by atoms with Crippen LogP contribution in [0.4, 0.5) is 0 Å². The first-order valence-electron chi connectivity index (χ1n) is 5.25. The number of halogens is 1. The lowest BCUT2D eigenvalue weighted by atomic mass is 10.2. The Hall–Kier alpha value is -1.55. The van der Waals surface area contributed by atoms with Gasteiger partial charge in [0, 0.05) is 9.13 Å². The summed E-state index contributed by atoms with van der Waals surface area (Å²) in [5.74, 6) is -0.461. The number of rotatable bonds is 2. The van der Waals surface area contributed by atoms with E-state index in [0.29, 0.717) is 4.96 Å². The maximum atomic E-state index is 11.5. The van der Waals surface area contributed by atoms with E-state index < -0.39 is 5.97 Å². The molecule has 2 heterocycles. The van der Waals surface area contributed by atoms with E-state index >= 15 is 0 Å². The summed E-state index contributed by atoms with van der Waals surface area (Å²) in [6.45, 7) is 0. The highest BCUT2D eigenvalue weighted by molar-refractivity contribution is 14.1. The summed E-state index contributed by atoms with van der Waals surface area (Å²) in [6.07, 6.45) is 0. The molecule has 0 bridgehead atoms. The van der Waals surface area contributed by atoms with E-state index in [1.807, 2.05) is 24.3 Å². The van der Waals surface area contributed by atoms with Crippen LogP contribution in [0.15, 0.2) is 24.3 Å². The van der Waals surface area contributed by atoms with E-state index in [1.54, 1.807) is 0 Å². The van der Waals surface area contributed by atoms with Gasteiger partial charge in [0.05, 0.1) is 7.11 Å². The van der Waals surface area contributed by atoms with Crippen molar-refractivity contribution in [1.29, 1.82) is 0 Å². The lowest BCUT2D eigenvalue weighted by Crippen LogP contribution is -2.07. The first-order chi connectivity index (χ1) is 9.19. The van der Waals surface area contributed by atoms with E-state index in [4.69, 9.17) is 0 Å². The van der Waals surface area contributed by atoms with E-state index in [1.165, 1.54) is 23.0 Å². The monoisotopic (exact) mass is 386 g/mol. The normalized spacial score (nSPS) is 10.8. The number of aromatic nitrogens is 4. The summed E-state index contributed by atoms with van der Waals surface area (Å²) in [6, 6.07) is 7.95. The number of hydrogen-bond donors (Lipinski definition) is 0. The van der Waals surface area contributed by atoms with Crippen molar-refractivity contribution in [1.82, 2.24) is 19.8 Å². The van der Waals surface area contributed by atoms with Gasteiger partial charge in [-0.2, -0.15) is 9.61 Å². The first kappa shape index (κ1) is 12.5. The fourth-order valence-electron chi connectivity index (χ4n) is 1.54. The molecule has 3 rings (SSSR count). The van der Waals surface area contributed by atoms with Gasteiger partial charge < -0.3 is 4.74 Å². The Balaban J connectivity index is 2.09. The average molecular weight is 386 g/mol. The highest BCUT2D eigenvalue weighted by Crippen LogP contribution is 2.25. The van der Waals surface area contributed by atoms with Crippen LogP contribution in [0, 0.1) is 3.57 Å². The van der Waals surface area contributed by atoms with Crippen LogP contribution in [-0.2, 0) is 4.74 Å². The van der Waals surface area contributed by atoms with E-state index in [2.05, 4.69) is 42.6 Å². The Morgan fingerprint density at radius 3 is 2.74 bits per heavy atom. The number of hydrogen-bond acceptors (Lipinski definition) is 6. The number of benzene rings is 1. The zero-order chi connectivity index (χ0) is 13.4. The van der Waals surface area contributed by atoms with E-state index in [-0.39, 0.29) is 5.82 Å². The van der Waals surface area contributed by atoms with Crippen molar-refractivity contribution in [2.45, 2.75) is 0 Å². The predicted molar refractivity (Wildman–Crippen MR) is 78.2 cm³/mol. The summed E-state index contributed by atoms with van der Waals surface area (Å²) in [5.41, 5.74) is 0.978. The molecule has 0 atom stereocenters. The van der Waals surface area contributed by atoms with E-state index in [9.17, 15) is 4.79 Å². The Bertz CT molecular complexity index is 750. The SMILES string of the molecule is COC(=O)c1nnc2sc(-c3ccc(I)cc3)nn12. The highest BCUT2D eigenvalue weighted by atomic mass is 127. The summed E-state index contributed by atoms with van der Waals surface area (Å²) >= 11 is 3.62. The van der Waals surface area contributed by atoms with Gasteiger partial charge in [0.25, 0.3) is 5.82 Å². The zero-order valence-electron chi connectivity index (χ0n) is 9.70. The summed E-state index contributed by atoms with van der Waals surface area (Å²) in [7, 11) is 1.30. The maximum Gasteiger partial charge on any atom is 0.378 e. The van der Waals surface area contributed by atoms with E-state index in [0.717, 1.165) is 14.1 Å². The molecular formula is C11H7IN4O2S. The van der Waals surface area contributed by atoms with Crippen LogP contribution in [0.3, 0.4) is 0 Å². The number of methoxy groups -OCH3 is 1. The summed E-state index contributed by atoms with van der Waals surface area (Å²) in [4.78, 5) is 12.1. The lowest BCUT2D eigenvalue weighted by Gasteiger charge is -1.95. The first-order valence-corrected chi connectivity index (χ1v) is 7.15. The molecule has 6 nitrogen and oxygen atoms in total. The van der Waals surface area contributed by atoms with Gasteiger partial charge in [-0.05, 0) is 34.7 Å². The molecule has 0 radical (unpaired) electrons. The minimum atomic E-state index is -0.549.